The summed E-state index contributed by atoms with van der Waals surface area (Å²) < 4.78 is 28.0. The predicted octanol–water partition coefficient (Wildman–Crippen LogP) is 6.67. The Bertz CT molecular complexity index is 1370. The van der Waals surface area contributed by atoms with E-state index in [1.807, 2.05) is 49.4 Å². The summed E-state index contributed by atoms with van der Waals surface area (Å²) in [5.41, 5.74) is 6.80. The lowest BCUT2D eigenvalue weighted by Gasteiger charge is -2.18. The lowest BCUT2D eigenvalue weighted by Crippen LogP contribution is -2.04. The van der Waals surface area contributed by atoms with Crippen molar-refractivity contribution in [1.82, 2.24) is 4.57 Å². The Balaban J connectivity index is 2.23. The zero-order chi connectivity index (χ0) is 21.6. The molecule has 4 rings (SSSR count). The molecule has 0 aliphatic heterocycles. The normalized spacial score (nSPS) is 11.9. The average Bonchev–Trinajstić information content (AvgIpc) is 2.98. The van der Waals surface area contributed by atoms with Crippen LogP contribution in [0.1, 0.15) is 18.2 Å². The maximum atomic E-state index is 12.9. The first-order valence-electron chi connectivity index (χ1n) is 9.91. The fourth-order valence-corrected chi connectivity index (χ4v) is 5.40. The first-order valence-corrected chi connectivity index (χ1v) is 12.2. The van der Waals surface area contributed by atoms with E-state index in [4.69, 9.17) is 11.6 Å². The number of nitrogens with zero attached hydrogens (tertiary/aromatic N) is 1. The molecule has 0 atom stereocenters. The van der Waals surface area contributed by atoms with E-state index in [1.54, 1.807) is 6.07 Å². The van der Waals surface area contributed by atoms with Gasteiger partial charge in [-0.05, 0) is 61.7 Å². The minimum Gasteiger partial charge on any atom is -0.345 e. The van der Waals surface area contributed by atoms with Gasteiger partial charge in [0, 0.05) is 45.5 Å². The molecule has 0 bridgehead atoms. The third kappa shape index (κ3) is 3.34. The summed E-state index contributed by atoms with van der Waals surface area (Å²) in [4.78, 5) is 0.347. The van der Waals surface area contributed by atoms with Crippen LogP contribution in [0, 0.1) is 13.8 Å². The molecule has 3 nitrogen and oxygen atoms in total. The number of benzene rings is 3. The van der Waals surface area contributed by atoms with Crippen LogP contribution in [0.2, 0.25) is 5.02 Å². The standard InChI is InChI=1S/C25H24ClNO2S/c1-5-27-17(3)24(20-8-6-7-9-21(20)27)25-22(30(4,28)29)15-10-16(2)23(25)18-11-13-19(26)14-12-18/h6-15H,5H2,1-4H3. The molecule has 5 heteroatoms. The van der Waals surface area contributed by atoms with Crippen LogP contribution < -0.4 is 0 Å². The molecule has 1 aromatic heterocycles. The zero-order valence-electron chi connectivity index (χ0n) is 17.5. The van der Waals surface area contributed by atoms with Crippen molar-refractivity contribution >= 4 is 32.3 Å². The van der Waals surface area contributed by atoms with Gasteiger partial charge in [-0.3, -0.25) is 0 Å². The number of hydrogen-bond donors (Lipinski definition) is 0. The summed E-state index contributed by atoms with van der Waals surface area (Å²) in [5.74, 6) is 0. The van der Waals surface area contributed by atoms with Crippen molar-refractivity contribution in [2.75, 3.05) is 6.26 Å². The van der Waals surface area contributed by atoms with E-state index in [9.17, 15) is 8.42 Å². The summed E-state index contributed by atoms with van der Waals surface area (Å²) in [5, 5.41) is 1.71. The topological polar surface area (TPSA) is 39.1 Å². The minimum atomic E-state index is -3.46. The van der Waals surface area contributed by atoms with Crippen LogP contribution >= 0.6 is 11.6 Å². The van der Waals surface area contributed by atoms with E-state index in [0.717, 1.165) is 51.0 Å². The number of halogens is 1. The van der Waals surface area contributed by atoms with Gasteiger partial charge < -0.3 is 4.57 Å². The van der Waals surface area contributed by atoms with Gasteiger partial charge in [0.25, 0.3) is 0 Å². The number of rotatable bonds is 4. The van der Waals surface area contributed by atoms with Crippen LogP contribution in [0.15, 0.2) is 65.6 Å². The molecule has 0 saturated heterocycles. The number of hydrogen-bond acceptors (Lipinski definition) is 2. The van der Waals surface area contributed by atoms with E-state index in [2.05, 4.69) is 30.5 Å². The number of fused-ring (bicyclic) bond motifs is 1. The Morgan fingerprint density at radius 1 is 0.867 bits per heavy atom. The molecule has 1 heterocycles. The quantitative estimate of drug-likeness (QED) is 0.357. The molecule has 0 unspecified atom stereocenters. The van der Waals surface area contributed by atoms with Crippen molar-refractivity contribution in [2.45, 2.75) is 32.2 Å². The highest BCUT2D eigenvalue weighted by atomic mass is 35.5. The lowest BCUT2D eigenvalue weighted by atomic mass is 9.89. The molecular formula is C25H24ClNO2S. The van der Waals surface area contributed by atoms with Crippen molar-refractivity contribution in [3.05, 3.63) is 76.9 Å². The van der Waals surface area contributed by atoms with Crippen molar-refractivity contribution in [1.29, 1.82) is 0 Å². The van der Waals surface area contributed by atoms with Gasteiger partial charge in [0.05, 0.1) is 4.90 Å². The van der Waals surface area contributed by atoms with Crippen LogP contribution in [-0.4, -0.2) is 19.2 Å². The van der Waals surface area contributed by atoms with Crippen LogP contribution in [0.3, 0.4) is 0 Å². The Hall–Kier alpha value is -2.56. The molecule has 0 aliphatic carbocycles. The summed E-state index contributed by atoms with van der Waals surface area (Å²) >= 11 is 6.13. The highest BCUT2D eigenvalue weighted by molar-refractivity contribution is 7.90. The van der Waals surface area contributed by atoms with Crippen LogP contribution in [0.25, 0.3) is 33.2 Å². The molecule has 3 aromatic carbocycles. The number of sulfone groups is 1. The van der Waals surface area contributed by atoms with E-state index < -0.39 is 9.84 Å². The molecule has 0 spiro atoms. The number of para-hydroxylation sites is 1. The van der Waals surface area contributed by atoms with Crippen LogP contribution in [-0.2, 0) is 16.4 Å². The Morgan fingerprint density at radius 2 is 1.53 bits per heavy atom. The predicted molar refractivity (Wildman–Crippen MR) is 126 cm³/mol. The molecule has 0 saturated carbocycles. The highest BCUT2D eigenvalue weighted by Crippen LogP contribution is 2.45. The van der Waals surface area contributed by atoms with Gasteiger partial charge in [0.15, 0.2) is 9.84 Å². The van der Waals surface area contributed by atoms with E-state index in [1.165, 1.54) is 6.26 Å². The van der Waals surface area contributed by atoms with Crippen molar-refractivity contribution in [2.24, 2.45) is 0 Å². The lowest BCUT2D eigenvalue weighted by molar-refractivity contribution is 0.602. The second-order valence-corrected chi connectivity index (χ2v) is 10.1. The molecule has 0 N–H and O–H groups in total. The van der Waals surface area contributed by atoms with Crippen molar-refractivity contribution in [3.8, 4) is 22.3 Å². The van der Waals surface area contributed by atoms with Gasteiger partial charge in [-0.1, -0.05) is 48.0 Å². The fraction of sp³-hybridized carbons (Fsp3) is 0.200. The average molecular weight is 438 g/mol. The first kappa shape index (κ1) is 20.7. The monoisotopic (exact) mass is 437 g/mol. The molecule has 4 aromatic rings. The van der Waals surface area contributed by atoms with E-state index in [0.29, 0.717) is 9.92 Å². The van der Waals surface area contributed by atoms with Gasteiger partial charge in [-0.25, -0.2) is 8.42 Å². The number of aryl methyl sites for hydroxylation is 2. The SMILES string of the molecule is CCn1c(C)c(-c2c(S(C)(=O)=O)ccc(C)c2-c2ccc(Cl)cc2)c2ccccc21. The summed E-state index contributed by atoms with van der Waals surface area (Å²) in [6.45, 7) is 7.01. The molecule has 0 aliphatic rings. The Labute approximate surface area is 182 Å². The maximum Gasteiger partial charge on any atom is 0.176 e. The smallest absolute Gasteiger partial charge is 0.176 e. The third-order valence-electron chi connectivity index (χ3n) is 5.70. The zero-order valence-corrected chi connectivity index (χ0v) is 19.1. The van der Waals surface area contributed by atoms with E-state index >= 15 is 0 Å². The van der Waals surface area contributed by atoms with Gasteiger partial charge in [-0.15, -0.1) is 0 Å². The first-order chi connectivity index (χ1) is 14.2. The molecule has 0 amide bonds. The molecule has 154 valence electrons. The Kier molecular flexibility index (Phi) is 5.25. The minimum absolute atomic E-state index is 0.347. The summed E-state index contributed by atoms with van der Waals surface area (Å²) in [7, 11) is -3.46. The van der Waals surface area contributed by atoms with Crippen LogP contribution in [0.4, 0.5) is 0 Å². The summed E-state index contributed by atoms with van der Waals surface area (Å²) in [6.07, 6.45) is 1.28. The second kappa shape index (κ2) is 7.60. The second-order valence-electron chi connectivity index (χ2n) is 7.63. The number of aromatic nitrogens is 1. The van der Waals surface area contributed by atoms with Gasteiger partial charge >= 0.3 is 0 Å². The molecule has 30 heavy (non-hydrogen) atoms. The molecule has 0 fully saturated rings. The summed E-state index contributed by atoms with van der Waals surface area (Å²) in [6, 6.07) is 19.4. The van der Waals surface area contributed by atoms with Crippen molar-refractivity contribution in [3.63, 3.8) is 0 Å². The van der Waals surface area contributed by atoms with E-state index in [-0.39, 0.29) is 0 Å². The largest absolute Gasteiger partial charge is 0.345 e. The van der Waals surface area contributed by atoms with Gasteiger partial charge in [-0.2, -0.15) is 0 Å². The molecule has 0 radical (unpaired) electrons. The Morgan fingerprint density at radius 3 is 2.17 bits per heavy atom. The fourth-order valence-electron chi connectivity index (χ4n) is 4.39. The van der Waals surface area contributed by atoms with Gasteiger partial charge in [0.2, 0.25) is 0 Å². The molecular weight excluding hydrogens is 414 g/mol. The third-order valence-corrected chi connectivity index (χ3v) is 7.10. The maximum absolute atomic E-state index is 12.9. The van der Waals surface area contributed by atoms with Crippen LogP contribution in [0.5, 0.6) is 0 Å². The highest BCUT2D eigenvalue weighted by Gasteiger charge is 2.25. The van der Waals surface area contributed by atoms with Gasteiger partial charge in [0.1, 0.15) is 0 Å². The van der Waals surface area contributed by atoms with Crippen molar-refractivity contribution < 1.29 is 8.42 Å².